The quantitative estimate of drug-likeness (QED) is 0.189. The van der Waals surface area contributed by atoms with Gasteiger partial charge in [-0.3, -0.25) is 28.9 Å². The first kappa shape index (κ1) is 42.9. The van der Waals surface area contributed by atoms with E-state index in [1.54, 1.807) is 17.4 Å². The lowest BCUT2D eigenvalue weighted by atomic mass is 9.79. The van der Waals surface area contributed by atoms with Crippen LogP contribution in [-0.4, -0.2) is 108 Å². The molecule has 1 aromatic carbocycles. The van der Waals surface area contributed by atoms with E-state index in [4.69, 9.17) is 9.47 Å². The smallest absolute Gasteiger partial charge is 0.311 e. The van der Waals surface area contributed by atoms with Crippen LogP contribution in [0.5, 0.6) is 0 Å². The third-order valence-corrected chi connectivity index (χ3v) is 11.9. The highest BCUT2D eigenvalue weighted by atomic mass is 32.1. The SMILES string of the molecule is CCC(C)C(NC(=O)C1CCCCN1C)C(=O)N(CCOC)[C@H](C[C@@H](OC(C)=O)c1nc(C(=O)N[C@H]2Cc3ccc(C)cc3[C@H](C(=O)O)C2)cs1)C(C)C. The van der Waals surface area contributed by atoms with Crippen LogP contribution in [0, 0.1) is 18.8 Å². The number of carboxylic acids is 1. The van der Waals surface area contributed by atoms with E-state index in [9.17, 15) is 29.1 Å². The van der Waals surface area contributed by atoms with Gasteiger partial charge in [-0.25, -0.2) is 4.98 Å². The van der Waals surface area contributed by atoms with Gasteiger partial charge in [0.05, 0.1) is 18.6 Å². The molecule has 14 heteroatoms. The fourth-order valence-corrected chi connectivity index (χ4v) is 8.49. The van der Waals surface area contributed by atoms with Crippen molar-refractivity contribution in [3.8, 4) is 0 Å². The van der Waals surface area contributed by atoms with Crippen molar-refractivity contribution >= 4 is 41.0 Å². The molecule has 54 heavy (non-hydrogen) atoms. The molecule has 1 saturated heterocycles. The Hall–Kier alpha value is -3.88. The second kappa shape index (κ2) is 19.6. The van der Waals surface area contributed by atoms with E-state index in [2.05, 4.69) is 15.6 Å². The van der Waals surface area contributed by atoms with Gasteiger partial charge in [0.15, 0.2) is 6.10 Å². The molecule has 0 saturated carbocycles. The van der Waals surface area contributed by atoms with Gasteiger partial charge in [-0.1, -0.05) is 64.3 Å². The Bertz CT molecular complexity index is 1630. The number of likely N-dealkylation sites (N-methyl/N-ethyl adjacent to an activating group) is 1. The summed E-state index contributed by atoms with van der Waals surface area (Å²) in [6.07, 6.45) is 3.48. The van der Waals surface area contributed by atoms with Crippen LogP contribution < -0.4 is 10.6 Å². The number of likely N-dealkylation sites (tertiary alicyclic amines) is 1. The highest BCUT2D eigenvalue weighted by molar-refractivity contribution is 7.09. The average Bonchev–Trinajstić information content (AvgIpc) is 3.63. The minimum atomic E-state index is -0.937. The standard InChI is InChI=1S/C40H59N5O8S/c1-9-25(5)35(43-37(48)32-12-10-11-15-44(32)7)39(49)45(16-17-52-8)33(23(2)3)21-34(53-26(6)46)38-42-31(22-54-38)36(47)41-28-19-27-14-13-24(4)18-29(27)30(20-28)40(50)51/h13-14,18,22-23,25,28,30,32-35H,9-12,15-17,19-21H2,1-8H3,(H,41,47)(H,43,48)(H,50,51)/t25?,28-,30+,32?,33+,34+,35?/m0/s1. The molecule has 4 rings (SSSR count). The number of aliphatic carboxylic acids is 1. The van der Waals surface area contributed by atoms with E-state index < -0.39 is 48.0 Å². The number of methoxy groups -OCH3 is 1. The zero-order chi connectivity index (χ0) is 39.7. The van der Waals surface area contributed by atoms with Crippen LogP contribution in [0.4, 0.5) is 0 Å². The summed E-state index contributed by atoms with van der Waals surface area (Å²) >= 11 is 1.18. The van der Waals surface area contributed by atoms with E-state index in [0.29, 0.717) is 17.8 Å². The van der Waals surface area contributed by atoms with Crippen molar-refractivity contribution in [2.45, 2.75) is 123 Å². The molecule has 3 N–H and O–H groups in total. The van der Waals surface area contributed by atoms with E-state index in [1.807, 2.05) is 64.8 Å². The van der Waals surface area contributed by atoms with Crippen LogP contribution in [0.25, 0.3) is 0 Å². The fourth-order valence-electron chi connectivity index (χ4n) is 7.65. The van der Waals surface area contributed by atoms with Gasteiger partial charge in [0.1, 0.15) is 16.7 Å². The predicted molar refractivity (Wildman–Crippen MR) is 206 cm³/mol. The molecule has 3 unspecified atom stereocenters. The minimum absolute atomic E-state index is 0.0931. The van der Waals surface area contributed by atoms with Crippen molar-refractivity contribution in [1.82, 2.24) is 25.4 Å². The Morgan fingerprint density at radius 2 is 1.89 bits per heavy atom. The number of piperidine rings is 1. The number of ether oxygens (including phenoxy) is 2. The number of rotatable bonds is 17. The number of aromatic nitrogens is 1. The molecule has 7 atom stereocenters. The van der Waals surface area contributed by atoms with Gasteiger partial charge in [-0.05, 0) is 69.2 Å². The summed E-state index contributed by atoms with van der Waals surface area (Å²) in [4.78, 5) is 74.8. The molecule has 0 radical (unpaired) electrons. The molecule has 1 aliphatic heterocycles. The number of carbonyl (C=O) groups is 5. The normalized spacial score (nSPS) is 20.9. The zero-order valence-corrected chi connectivity index (χ0v) is 33.9. The van der Waals surface area contributed by atoms with E-state index in [-0.39, 0.29) is 61.4 Å². The van der Waals surface area contributed by atoms with Gasteiger partial charge in [0.25, 0.3) is 5.91 Å². The minimum Gasteiger partial charge on any atom is -0.481 e. The second-order valence-electron chi connectivity index (χ2n) is 15.3. The summed E-state index contributed by atoms with van der Waals surface area (Å²) in [6, 6.07) is 3.84. The first-order valence-corrected chi connectivity index (χ1v) is 20.1. The molecule has 0 spiro atoms. The van der Waals surface area contributed by atoms with Crippen LogP contribution >= 0.6 is 11.3 Å². The van der Waals surface area contributed by atoms with Gasteiger partial charge in [0.2, 0.25) is 11.8 Å². The summed E-state index contributed by atoms with van der Waals surface area (Å²) in [6.45, 7) is 12.5. The third kappa shape index (κ3) is 10.9. The van der Waals surface area contributed by atoms with Crippen molar-refractivity contribution in [1.29, 1.82) is 0 Å². The average molecular weight is 770 g/mol. The van der Waals surface area contributed by atoms with Crippen LogP contribution in [0.15, 0.2) is 23.6 Å². The molecular weight excluding hydrogens is 711 g/mol. The number of amides is 3. The molecule has 2 heterocycles. The highest BCUT2D eigenvalue weighted by Crippen LogP contribution is 2.34. The maximum absolute atomic E-state index is 14.6. The fraction of sp³-hybridized carbons (Fsp3) is 0.650. The lowest BCUT2D eigenvalue weighted by molar-refractivity contribution is -0.150. The van der Waals surface area contributed by atoms with Crippen LogP contribution in [0.2, 0.25) is 0 Å². The number of nitrogens with one attached hydrogen (secondary N) is 2. The van der Waals surface area contributed by atoms with E-state index >= 15 is 0 Å². The topological polar surface area (TPSA) is 167 Å². The van der Waals surface area contributed by atoms with Gasteiger partial charge in [0, 0.05) is 44.5 Å². The van der Waals surface area contributed by atoms with Gasteiger partial charge >= 0.3 is 11.9 Å². The largest absolute Gasteiger partial charge is 0.481 e. The molecule has 3 amide bonds. The molecule has 1 aliphatic carbocycles. The summed E-state index contributed by atoms with van der Waals surface area (Å²) in [5.74, 6) is -3.27. The third-order valence-electron chi connectivity index (χ3n) is 10.9. The van der Waals surface area contributed by atoms with Crippen molar-refractivity contribution < 1.29 is 38.6 Å². The van der Waals surface area contributed by atoms with Gasteiger partial charge in [-0.2, -0.15) is 0 Å². The molecule has 13 nitrogen and oxygen atoms in total. The van der Waals surface area contributed by atoms with Gasteiger partial charge < -0.3 is 30.1 Å². The summed E-state index contributed by atoms with van der Waals surface area (Å²) in [5.41, 5.74) is 2.78. The number of carbonyl (C=O) groups excluding carboxylic acids is 4. The van der Waals surface area contributed by atoms with E-state index in [0.717, 1.165) is 42.5 Å². The predicted octanol–water partition coefficient (Wildman–Crippen LogP) is 4.87. The molecule has 0 bridgehead atoms. The highest BCUT2D eigenvalue weighted by Gasteiger charge is 2.39. The number of benzene rings is 1. The Labute approximate surface area is 323 Å². The van der Waals surface area contributed by atoms with Crippen LogP contribution in [0.3, 0.4) is 0 Å². The molecular formula is C40H59N5O8S. The lowest BCUT2D eigenvalue weighted by Crippen LogP contribution is -2.59. The maximum atomic E-state index is 14.6. The number of carboxylic acid groups (broad SMARTS) is 1. The Morgan fingerprint density at radius 3 is 2.52 bits per heavy atom. The number of hydrogen-bond donors (Lipinski definition) is 3. The Kier molecular flexibility index (Phi) is 15.6. The molecule has 2 aliphatic rings. The zero-order valence-electron chi connectivity index (χ0n) is 33.1. The van der Waals surface area contributed by atoms with Crippen molar-refractivity contribution in [3.63, 3.8) is 0 Å². The van der Waals surface area contributed by atoms with E-state index in [1.165, 1.54) is 18.3 Å². The monoisotopic (exact) mass is 769 g/mol. The molecule has 1 fully saturated rings. The summed E-state index contributed by atoms with van der Waals surface area (Å²) in [5, 5.41) is 18.1. The molecule has 1 aromatic heterocycles. The number of esters is 1. The first-order chi connectivity index (χ1) is 25.6. The van der Waals surface area contributed by atoms with Crippen molar-refractivity contribution in [2.75, 3.05) is 33.9 Å². The summed E-state index contributed by atoms with van der Waals surface area (Å²) < 4.78 is 11.3. The molecule has 298 valence electrons. The summed E-state index contributed by atoms with van der Waals surface area (Å²) in [7, 11) is 3.51. The second-order valence-corrected chi connectivity index (χ2v) is 16.2. The number of aryl methyl sites for hydroxylation is 1. The van der Waals surface area contributed by atoms with Crippen molar-refractivity contribution in [2.24, 2.45) is 11.8 Å². The lowest BCUT2D eigenvalue weighted by Gasteiger charge is -2.40. The molecule has 2 aromatic rings. The van der Waals surface area contributed by atoms with Gasteiger partial charge in [-0.15, -0.1) is 11.3 Å². The van der Waals surface area contributed by atoms with Crippen molar-refractivity contribution in [3.05, 3.63) is 51.0 Å². The van der Waals surface area contributed by atoms with Crippen LogP contribution in [0.1, 0.15) is 117 Å². The maximum Gasteiger partial charge on any atom is 0.311 e. The van der Waals surface area contributed by atoms with Crippen LogP contribution in [-0.2, 0) is 35.1 Å². The number of thiazole rings is 1. The number of hydrogen-bond acceptors (Lipinski definition) is 10. The Balaban J connectivity index is 1.56. The first-order valence-electron chi connectivity index (χ1n) is 19.2. The number of fused-ring (bicyclic) bond motifs is 1. The number of nitrogens with zero attached hydrogens (tertiary/aromatic N) is 3. The Morgan fingerprint density at radius 1 is 1.15 bits per heavy atom.